The van der Waals surface area contributed by atoms with Crippen LogP contribution < -0.4 is 34.7 Å². The monoisotopic (exact) mass is 430 g/mol. The van der Waals surface area contributed by atoms with Gasteiger partial charge in [0.05, 0.1) is 13.0 Å². The maximum Gasteiger partial charge on any atom is 1.00 e. The molecule has 0 unspecified atom stereocenters. The van der Waals surface area contributed by atoms with Crippen LogP contribution in [0.3, 0.4) is 0 Å². The molecule has 0 aliphatic carbocycles. The SMILES string of the molecule is CC(C)CCCCCCCCCCCCOS(=O)(=O)OC(=O)CCC(=O)[O-].[Na+]. The maximum atomic E-state index is 11.4. The van der Waals surface area contributed by atoms with E-state index in [1.165, 1.54) is 44.9 Å². The number of carboxylic acids is 1. The molecule has 0 N–H and O–H groups in total. The van der Waals surface area contributed by atoms with E-state index in [2.05, 4.69) is 22.2 Å². The smallest absolute Gasteiger partial charge is 0.550 e. The van der Waals surface area contributed by atoms with Gasteiger partial charge in [0.1, 0.15) is 0 Å². The van der Waals surface area contributed by atoms with Crippen molar-refractivity contribution in [3.05, 3.63) is 0 Å². The van der Waals surface area contributed by atoms with Crippen molar-refractivity contribution in [1.82, 2.24) is 0 Å². The van der Waals surface area contributed by atoms with Crippen LogP contribution in [-0.4, -0.2) is 27.0 Å². The van der Waals surface area contributed by atoms with Gasteiger partial charge in [-0.3, -0.25) is 4.79 Å². The number of carbonyl (C=O) groups excluding carboxylic acids is 2. The van der Waals surface area contributed by atoms with Crippen LogP contribution in [-0.2, 0) is 28.4 Å². The van der Waals surface area contributed by atoms with Gasteiger partial charge < -0.3 is 14.1 Å². The van der Waals surface area contributed by atoms with Crippen molar-refractivity contribution in [2.75, 3.05) is 6.61 Å². The fourth-order valence-corrected chi connectivity index (χ4v) is 3.29. The molecule has 0 saturated heterocycles. The third-order valence-electron chi connectivity index (χ3n) is 4.13. The Kier molecular flexibility index (Phi) is 20.2. The Bertz CT molecular complexity index is 506. The van der Waals surface area contributed by atoms with Crippen LogP contribution in [0, 0.1) is 5.92 Å². The van der Waals surface area contributed by atoms with Gasteiger partial charge in [-0.2, -0.15) is 8.42 Å². The van der Waals surface area contributed by atoms with Crippen molar-refractivity contribution in [3.63, 3.8) is 0 Å². The van der Waals surface area contributed by atoms with Crippen LogP contribution in [0.4, 0.5) is 0 Å². The molecule has 0 fully saturated rings. The van der Waals surface area contributed by atoms with Crippen LogP contribution in [0.2, 0.25) is 0 Å². The van der Waals surface area contributed by atoms with Crippen molar-refractivity contribution in [1.29, 1.82) is 0 Å². The minimum absolute atomic E-state index is 0. The van der Waals surface area contributed by atoms with Crippen LogP contribution in [0.25, 0.3) is 0 Å². The van der Waals surface area contributed by atoms with Gasteiger partial charge in [-0.1, -0.05) is 78.1 Å². The molecule has 28 heavy (non-hydrogen) atoms. The predicted octanol–water partition coefficient (Wildman–Crippen LogP) is 0.272. The molecule has 0 aliphatic heterocycles. The van der Waals surface area contributed by atoms with Crippen molar-refractivity contribution in [2.45, 2.75) is 97.3 Å². The van der Waals surface area contributed by atoms with Gasteiger partial charge in [0, 0.05) is 5.97 Å². The molecule has 0 aromatic carbocycles. The van der Waals surface area contributed by atoms with Gasteiger partial charge in [0.25, 0.3) is 0 Å². The Labute approximate surface area is 192 Å². The van der Waals surface area contributed by atoms with E-state index in [0.29, 0.717) is 6.42 Å². The molecule has 9 heteroatoms. The minimum Gasteiger partial charge on any atom is -0.550 e. The summed E-state index contributed by atoms with van der Waals surface area (Å²) in [4.78, 5) is 21.3. The summed E-state index contributed by atoms with van der Waals surface area (Å²) in [5, 5.41) is 10.2. The zero-order valence-electron chi connectivity index (χ0n) is 17.7. The van der Waals surface area contributed by atoms with E-state index in [0.717, 1.165) is 25.2 Å². The normalized spacial score (nSPS) is 11.2. The Balaban J connectivity index is 0. The second kappa shape index (κ2) is 18.9. The molecule has 160 valence electrons. The van der Waals surface area contributed by atoms with E-state index in [9.17, 15) is 23.1 Å². The third-order valence-corrected chi connectivity index (χ3v) is 4.98. The fraction of sp³-hybridized carbons (Fsp3) is 0.895. The van der Waals surface area contributed by atoms with E-state index in [1.807, 2.05) is 0 Å². The number of carbonyl (C=O) groups is 2. The van der Waals surface area contributed by atoms with Gasteiger partial charge in [-0.25, -0.2) is 4.18 Å². The van der Waals surface area contributed by atoms with Gasteiger partial charge in [0.15, 0.2) is 0 Å². The molecule has 0 aromatic heterocycles. The van der Waals surface area contributed by atoms with E-state index in [4.69, 9.17) is 0 Å². The first-order valence-electron chi connectivity index (χ1n) is 10.0. The Morgan fingerprint density at radius 1 is 0.821 bits per heavy atom. The molecular formula is C19H35NaO7S. The van der Waals surface area contributed by atoms with Crippen LogP contribution in [0.15, 0.2) is 0 Å². The first-order valence-corrected chi connectivity index (χ1v) is 11.4. The number of rotatable bonds is 18. The molecule has 7 nitrogen and oxygen atoms in total. The summed E-state index contributed by atoms with van der Waals surface area (Å²) in [5.41, 5.74) is 0. The van der Waals surface area contributed by atoms with E-state index < -0.39 is 35.2 Å². The molecule has 0 heterocycles. The van der Waals surface area contributed by atoms with Crippen molar-refractivity contribution in [2.24, 2.45) is 5.92 Å². The summed E-state index contributed by atoms with van der Waals surface area (Å²) in [6.45, 7) is 4.47. The first-order chi connectivity index (χ1) is 12.7. The van der Waals surface area contributed by atoms with Crippen molar-refractivity contribution >= 4 is 22.3 Å². The largest absolute Gasteiger partial charge is 1.00 e. The molecule has 0 amide bonds. The summed E-state index contributed by atoms with van der Waals surface area (Å²) in [6.07, 6.45) is 11.4. The Morgan fingerprint density at radius 3 is 1.75 bits per heavy atom. The van der Waals surface area contributed by atoms with Gasteiger partial charge >= 0.3 is 45.9 Å². The molecule has 0 spiro atoms. The second-order valence-corrected chi connectivity index (χ2v) is 8.49. The number of unbranched alkanes of at least 4 members (excludes halogenated alkanes) is 9. The Morgan fingerprint density at radius 2 is 1.29 bits per heavy atom. The van der Waals surface area contributed by atoms with Crippen LogP contribution in [0.5, 0.6) is 0 Å². The number of hydrogen-bond acceptors (Lipinski definition) is 7. The average molecular weight is 431 g/mol. The molecule has 0 aliphatic rings. The molecule has 0 bridgehead atoms. The fourth-order valence-electron chi connectivity index (χ4n) is 2.61. The summed E-state index contributed by atoms with van der Waals surface area (Å²) >= 11 is 0. The topological polar surface area (TPSA) is 110 Å². The first kappa shape index (κ1) is 30.0. The minimum atomic E-state index is -4.41. The van der Waals surface area contributed by atoms with E-state index in [1.54, 1.807) is 0 Å². The molecule has 0 rings (SSSR count). The zero-order valence-corrected chi connectivity index (χ0v) is 20.6. The van der Waals surface area contributed by atoms with Gasteiger partial charge in [0.2, 0.25) is 0 Å². The van der Waals surface area contributed by atoms with Crippen molar-refractivity contribution < 1.29 is 61.0 Å². The van der Waals surface area contributed by atoms with Gasteiger partial charge in [-0.05, 0) is 18.8 Å². The average Bonchev–Trinajstić information content (AvgIpc) is 2.56. The number of aliphatic carboxylic acids is 1. The molecule has 0 radical (unpaired) electrons. The summed E-state index contributed by atoms with van der Waals surface area (Å²) in [7, 11) is -4.41. The molecular weight excluding hydrogens is 395 g/mol. The van der Waals surface area contributed by atoms with Crippen LogP contribution >= 0.6 is 0 Å². The second-order valence-electron chi connectivity index (χ2n) is 7.28. The maximum absolute atomic E-state index is 11.4. The quantitative estimate of drug-likeness (QED) is 0.227. The van der Waals surface area contributed by atoms with E-state index in [-0.39, 0.29) is 36.2 Å². The summed E-state index contributed by atoms with van der Waals surface area (Å²) in [5.74, 6) is -1.81. The standard InChI is InChI=1S/C19H36O7S.Na/c1-17(2)13-11-9-7-5-3-4-6-8-10-12-16-25-27(23,24)26-19(22)15-14-18(20)21;/h17H,3-16H2,1-2H3,(H,20,21);/q;+1/p-1. The van der Waals surface area contributed by atoms with Gasteiger partial charge in [-0.15, -0.1) is 0 Å². The Hall–Kier alpha value is -0.150. The molecule has 0 atom stereocenters. The van der Waals surface area contributed by atoms with Crippen LogP contribution in [0.1, 0.15) is 97.3 Å². The molecule has 0 aromatic rings. The molecule has 0 saturated carbocycles. The number of carboxylic acid groups (broad SMARTS) is 1. The zero-order chi connectivity index (χ0) is 20.5. The van der Waals surface area contributed by atoms with Crippen molar-refractivity contribution in [3.8, 4) is 0 Å². The number of hydrogen-bond donors (Lipinski definition) is 0. The summed E-state index contributed by atoms with van der Waals surface area (Å²) in [6, 6.07) is 0. The third kappa shape index (κ3) is 22.1. The predicted molar refractivity (Wildman–Crippen MR) is 101 cm³/mol. The van der Waals surface area contributed by atoms with E-state index >= 15 is 0 Å². The summed E-state index contributed by atoms with van der Waals surface area (Å²) < 4.78 is 31.4.